The largest absolute Gasteiger partial charge is 0.343 e. The Morgan fingerprint density at radius 1 is 0.824 bits per heavy atom. The molecular formula is C16H13N. The first-order valence-electron chi connectivity index (χ1n) is 6.11. The van der Waals surface area contributed by atoms with Gasteiger partial charge in [0.2, 0.25) is 0 Å². The summed E-state index contributed by atoms with van der Waals surface area (Å²) in [6.45, 7) is 1.17. The summed E-state index contributed by atoms with van der Waals surface area (Å²) in [5.74, 6) is 0. The van der Waals surface area contributed by atoms with Crippen molar-refractivity contribution in [3.8, 4) is 11.1 Å². The molecule has 0 saturated heterocycles. The summed E-state index contributed by atoms with van der Waals surface area (Å²) in [7, 11) is 0. The van der Waals surface area contributed by atoms with E-state index < -0.39 is 0 Å². The summed E-state index contributed by atoms with van der Waals surface area (Å²) in [5, 5.41) is 1.39. The van der Waals surface area contributed by atoms with Crippen LogP contribution in [0, 0.1) is 0 Å². The van der Waals surface area contributed by atoms with Crippen LogP contribution in [-0.2, 0) is 13.0 Å². The Balaban J connectivity index is 2.12. The van der Waals surface area contributed by atoms with Crippen LogP contribution in [0.25, 0.3) is 22.0 Å². The third kappa shape index (κ3) is 1.14. The summed E-state index contributed by atoms with van der Waals surface area (Å²) in [6.07, 6.45) is 1.21. The molecule has 1 aliphatic heterocycles. The first kappa shape index (κ1) is 9.06. The summed E-state index contributed by atoms with van der Waals surface area (Å²) in [6, 6.07) is 19.5. The van der Waals surface area contributed by atoms with Crippen LogP contribution in [0.5, 0.6) is 0 Å². The molecule has 0 N–H and O–H groups in total. The molecule has 0 unspecified atom stereocenters. The van der Waals surface area contributed by atoms with Gasteiger partial charge in [0.25, 0.3) is 0 Å². The second kappa shape index (κ2) is 3.24. The second-order valence-corrected chi connectivity index (χ2v) is 4.61. The topological polar surface area (TPSA) is 4.93 Å². The SMILES string of the molecule is c1ccc(-c2c3n(c4ccccc24)CC3)cc1. The maximum Gasteiger partial charge on any atom is 0.0489 e. The van der Waals surface area contributed by atoms with Crippen LogP contribution in [0.1, 0.15) is 5.69 Å². The number of hydrogen-bond donors (Lipinski definition) is 0. The lowest BCUT2D eigenvalue weighted by Gasteiger charge is -2.20. The molecule has 0 bridgehead atoms. The van der Waals surface area contributed by atoms with Crippen LogP contribution < -0.4 is 0 Å². The Kier molecular flexibility index (Phi) is 1.72. The molecule has 2 heterocycles. The molecule has 1 aliphatic rings. The van der Waals surface area contributed by atoms with E-state index in [1.807, 2.05) is 0 Å². The first-order chi connectivity index (χ1) is 8.45. The number of aromatic nitrogens is 1. The van der Waals surface area contributed by atoms with E-state index in [0.717, 1.165) is 0 Å². The fraction of sp³-hybridized carbons (Fsp3) is 0.125. The second-order valence-electron chi connectivity index (χ2n) is 4.61. The van der Waals surface area contributed by atoms with Gasteiger partial charge in [-0.25, -0.2) is 0 Å². The van der Waals surface area contributed by atoms with E-state index in [2.05, 4.69) is 59.2 Å². The summed E-state index contributed by atoms with van der Waals surface area (Å²) >= 11 is 0. The molecule has 3 aromatic rings. The lowest BCUT2D eigenvalue weighted by Crippen LogP contribution is -2.16. The number of para-hydroxylation sites is 1. The van der Waals surface area contributed by atoms with Crippen LogP contribution in [0.2, 0.25) is 0 Å². The van der Waals surface area contributed by atoms with Gasteiger partial charge < -0.3 is 4.57 Å². The molecule has 0 fully saturated rings. The average Bonchev–Trinajstić information content (AvgIpc) is 2.58. The quantitative estimate of drug-likeness (QED) is 0.585. The minimum absolute atomic E-state index is 1.17. The van der Waals surface area contributed by atoms with Crippen molar-refractivity contribution in [1.29, 1.82) is 0 Å². The molecular weight excluding hydrogens is 206 g/mol. The highest BCUT2D eigenvalue weighted by molar-refractivity contribution is 5.98. The van der Waals surface area contributed by atoms with Crippen molar-refractivity contribution in [3.63, 3.8) is 0 Å². The normalized spacial score (nSPS) is 13.4. The lowest BCUT2D eigenvalue weighted by molar-refractivity contribution is 0.577. The van der Waals surface area contributed by atoms with Crippen molar-refractivity contribution in [1.82, 2.24) is 4.57 Å². The molecule has 0 aliphatic carbocycles. The number of aryl methyl sites for hydroxylation is 1. The van der Waals surface area contributed by atoms with E-state index >= 15 is 0 Å². The van der Waals surface area contributed by atoms with Gasteiger partial charge in [-0.1, -0.05) is 48.5 Å². The first-order valence-corrected chi connectivity index (χ1v) is 6.11. The molecule has 0 saturated carbocycles. The van der Waals surface area contributed by atoms with Crippen molar-refractivity contribution >= 4 is 10.9 Å². The third-order valence-corrected chi connectivity index (χ3v) is 3.71. The van der Waals surface area contributed by atoms with Gasteiger partial charge in [0.05, 0.1) is 0 Å². The maximum atomic E-state index is 2.44. The average molecular weight is 219 g/mol. The van der Waals surface area contributed by atoms with Crippen LogP contribution in [0.15, 0.2) is 54.6 Å². The molecule has 17 heavy (non-hydrogen) atoms. The zero-order valence-corrected chi connectivity index (χ0v) is 9.56. The predicted octanol–water partition coefficient (Wildman–Crippen LogP) is 3.86. The van der Waals surface area contributed by atoms with Crippen molar-refractivity contribution < 1.29 is 0 Å². The zero-order valence-electron chi connectivity index (χ0n) is 9.56. The van der Waals surface area contributed by atoms with Gasteiger partial charge in [0.15, 0.2) is 0 Å². The molecule has 2 aromatic carbocycles. The van der Waals surface area contributed by atoms with Crippen molar-refractivity contribution in [2.45, 2.75) is 13.0 Å². The highest BCUT2D eigenvalue weighted by Gasteiger charge is 2.23. The fourth-order valence-electron chi connectivity index (χ4n) is 2.86. The van der Waals surface area contributed by atoms with Crippen LogP contribution >= 0.6 is 0 Å². The van der Waals surface area contributed by atoms with Gasteiger partial charge in [0.1, 0.15) is 0 Å². The molecule has 1 nitrogen and oxygen atoms in total. The molecule has 0 atom stereocenters. The van der Waals surface area contributed by atoms with E-state index in [1.165, 1.54) is 40.7 Å². The number of hydrogen-bond acceptors (Lipinski definition) is 0. The highest BCUT2D eigenvalue weighted by Crippen LogP contribution is 2.39. The Morgan fingerprint density at radius 3 is 2.35 bits per heavy atom. The van der Waals surface area contributed by atoms with Crippen molar-refractivity contribution in [3.05, 3.63) is 60.3 Å². The zero-order chi connectivity index (χ0) is 11.2. The third-order valence-electron chi connectivity index (χ3n) is 3.71. The Hall–Kier alpha value is -2.02. The number of rotatable bonds is 1. The van der Waals surface area contributed by atoms with Gasteiger partial charge in [0, 0.05) is 35.1 Å². The van der Waals surface area contributed by atoms with Gasteiger partial charge in [-0.2, -0.15) is 0 Å². The molecule has 1 aromatic heterocycles. The Morgan fingerprint density at radius 2 is 1.59 bits per heavy atom. The van der Waals surface area contributed by atoms with E-state index in [9.17, 15) is 0 Å². The van der Waals surface area contributed by atoms with Crippen LogP contribution in [-0.4, -0.2) is 4.57 Å². The van der Waals surface area contributed by atoms with E-state index in [4.69, 9.17) is 0 Å². The van der Waals surface area contributed by atoms with Crippen LogP contribution in [0.4, 0.5) is 0 Å². The molecule has 4 rings (SSSR count). The smallest absolute Gasteiger partial charge is 0.0489 e. The summed E-state index contributed by atoms with van der Waals surface area (Å²) in [4.78, 5) is 0. The van der Waals surface area contributed by atoms with Crippen LogP contribution in [0.3, 0.4) is 0 Å². The minimum atomic E-state index is 1.17. The minimum Gasteiger partial charge on any atom is -0.343 e. The molecule has 0 spiro atoms. The summed E-state index contributed by atoms with van der Waals surface area (Å²) in [5.41, 5.74) is 5.66. The number of nitrogens with zero attached hydrogens (tertiary/aromatic N) is 1. The van der Waals surface area contributed by atoms with Gasteiger partial charge in [-0.05, 0) is 11.6 Å². The van der Waals surface area contributed by atoms with E-state index in [-0.39, 0.29) is 0 Å². The lowest BCUT2D eigenvalue weighted by atomic mass is 9.99. The molecule has 82 valence electrons. The molecule has 0 radical (unpaired) electrons. The highest BCUT2D eigenvalue weighted by atomic mass is 15.0. The van der Waals surface area contributed by atoms with E-state index in [0.29, 0.717) is 0 Å². The van der Waals surface area contributed by atoms with Gasteiger partial charge >= 0.3 is 0 Å². The Bertz CT molecular complexity index is 692. The standard InChI is InChI=1S/C16H13N/c1-2-6-12(7-3-1)16-13-8-4-5-9-14(13)17-11-10-15(16)17/h1-9H,10-11H2. The number of fused-ring (bicyclic) bond motifs is 3. The maximum absolute atomic E-state index is 2.44. The monoisotopic (exact) mass is 219 g/mol. The van der Waals surface area contributed by atoms with Gasteiger partial charge in [-0.3, -0.25) is 0 Å². The van der Waals surface area contributed by atoms with Crippen molar-refractivity contribution in [2.24, 2.45) is 0 Å². The molecule has 0 amide bonds. The van der Waals surface area contributed by atoms with E-state index in [1.54, 1.807) is 0 Å². The fourth-order valence-corrected chi connectivity index (χ4v) is 2.86. The molecule has 1 heteroatoms. The predicted molar refractivity (Wildman–Crippen MR) is 71.1 cm³/mol. The van der Waals surface area contributed by atoms with Crippen molar-refractivity contribution in [2.75, 3.05) is 0 Å². The summed E-state index contributed by atoms with van der Waals surface area (Å²) < 4.78 is 2.44. The Labute approximate surface area is 100 Å². The number of benzene rings is 2. The van der Waals surface area contributed by atoms with Gasteiger partial charge in [-0.15, -0.1) is 0 Å².